The monoisotopic (exact) mass is 485 g/mol. The van der Waals surface area contributed by atoms with Crippen LogP contribution in [0, 0.1) is 12.7 Å². The second-order valence-corrected chi connectivity index (χ2v) is 9.51. The number of fused-ring (bicyclic) bond motifs is 1. The van der Waals surface area contributed by atoms with Crippen molar-refractivity contribution >= 4 is 22.4 Å². The highest BCUT2D eigenvalue weighted by atomic mass is 35.5. The van der Waals surface area contributed by atoms with Crippen molar-refractivity contribution in [3.8, 4) is 11.4 Å². The van der Waals surface area contributed by atoms with E-state index in [0.717, 1.165) is 21.9 Å². The molecule has 0 aliphatic rings. The predicted octanol–water partition coefficient (Wildman–Crippen LogP) is 3.64. The van der Waals surface area contributed by atoms with E-state index in [1.54, 1.807) is 25.4 Å². The quantitative estimate of drug-likeness (QED) is 0.445. The fourth-order valence-electron chi connectivity index (χ4n) is 4.02. The number of aliphatic hydroxyl groups is 1. The molecule has 8 nitrogen and oxygen atoms in total. The van der Waals surface area contributed by atoms with Crippen LogP contribution in [-0.4, -0.2) is 29.0 Å². The van der Waals surface area contributed by atoms with Crippen molar-refractivity contribution in [3.63, 3.8) is 0 Å². The molecule has 0 unspecified atom stereocenters. The highest BCUT2D eigenvalue weighted by Gasteiger charge is 2.24. The fourth-order valence-corrected chi connectivity index (χ4v) is 4.22. The van der Waals surface area contributed by atoms with Crippen molar-refractivity contribution in [1.29, 1.82) is 0 Å². The van der Waals surface area contributed by atoms with Crippen LogP contribution in [0.3, 0.4) is 0 Å². The number of aryl methyl sites for hydroxylation is 1. The van der Waals surface area contributed by atoms with Gasteiger partial charge >= 0.3 is 5.69 Å². The zero-order valence-electron chi connectivity index (χ0n) is 19.6. The fraction of sp³-hybridized carbons (Fsp3) is 0.333. The number of aliphatic hydroxyl groups excluding tert-OH is 1. The van der Waals surface area contributed by atoms with Crippen molar-refractivity contribution in [2.45, 2.75) is 53.2 Å². The lowest BCUT2D eigenvalue weighted by atomic mass is 9.84. The molecule has 4 rings (SSSR count). The molecular weight excluding hydrogens is 461 g/mol. The van der Waals surface area contributed by atoms with Gasteiger partial charge in [0.05, 0.1) is 11.1 Å². The van der Waals surface area contributed by atoms with Crippen molar-refractivity contribution in [2.75, 3.05) is 0 Å². The number of pyridine rings is 2. The SMILES string of the molecule is CCn1c(CO)nn(-c2cc3c(C(C)(C)C)cn(-c4cc(C)cnc4Cl)c(=O)c3cc2F)c1=O. The van der Waals surface area contributed by atoms with Crippen molar-refractivity contribution < 1.29 is 9.50 Å². The Labute approximate surface area is 199 Å². The Morgan fingerprint density at radius 1 is 1.12 bits per heavy atom. The summed E-state index contributed by atoms with van der Waals surface area (Å²) in [5, 5.41) is 14.4. The number of hydrogen-bond donors (Lipinski definition) is 1. The summed E-state index contributed by atoms with van der Waals surface area (Å²) in [7, 11) is 0. The smallest absolute Gasteiger partial charge is 0.350 e. The minimum Gasteiger partial charge on any atom is -0.388 e. The van der Waals surface area contributed by atoms with E-state index in [4.69, 9.17) is 11.6 Å². The Hall–Kier alpha value is -3.30. The van der Waals surface area contributed by atoms with Gasteiger partial charge < -0.3 is 5.11 Å². The van der Waals surface area contributed by atoms with E-state index in [1.807, 2.05) is 27.7 Å². The van der Waals surface area contributed by atoms with Crippen LogP contribution in [0.25, 0.3) is 22.1 Å². The third-order valence-corrected chi connectivity index (χ3v) is 6.03. The molecule has 0 saturated carbocycles. The molecule has 1 aromatic carbocycles. The molecule has 0 aliphatic carbocycles. The van der Waals surface area contributed by atoms with Crippen LogP contribution in [0.4, 0.5) is 4.39 Å². The van der Waals surface area contributed by atoms with Gasteiger partial charge in [-0.2, -0.15) is 4.68 Å². The molecule has 4 aromatic rings. The van der Waals surface area contributed by atoms with Crippen LogP contribution in [0.15, 0.2) is 40.2 Å². The van der Waals surface area contributed by atoms with Crippen molar-refractivity contribution in [1.82, 2.24) is 23.9 Å². The van der Waals surface area contributed by atoms with Crippen LogP contribution in [0.1, 0.15) is 44.6 Å². The molecule has 0 amide bonds. The average Bonchev–Trinajstić information content (AvgIpc) is 3.10. The standard InChI is InChI=1S/C24H25ClFN5O3/c1-6-29-20(12-32)28-31(23(29)34)18-9-14-15(8-17(18)26)22(33)30(11-16(14)24(3,4)5)19-7-13(2)10-27-21(19)25/h7-11,32H,6,12H2,1-5H3. The number of rotatable bonds is 4. The summed E-state index contributed by atoms with van der Waals surface area (Å²) >= 11 is 6.31. The van der Waals surface area contributed by atoms with Gasteiger partial charge in [-0.05, 0) is 54.0 Å². The zero-order chi connectivity index (χ0) is 24.9. The third-order valence-electron chi connectivity index (χ3n) is 5.73. The maximum Gasteiger partial charge on any atom is 0.350 e. The summed E-state index contributed by atoms with van der Waals surface area (Å²) in [6.07, 6.45) is 3.28. The van der Waals surface area contributed by atoms with E-state index in [-0.39, 0.29) is 28.6 Å². The molecule has 0 saturated heterocycles. The molecule has 3 aromatic heterocycles. The molecule has 0 radical (unpaired) electrons. The van der Waals surface area contributed by atoms with Gasteiger partial charge in [0.25, 0.3) is 5.56 Å². The Morgan fingerprint density at radius 3 is 2.41 bits per heavy atom. The van der Waals surface area contributed by atoms with E-state index in [0.29, 0.717) is 11.1 Å². The van der Waals surface area contributed by atoms with Crippen LogP contribution in [-0.2, 0) is 18.6 Å². The van der Waals surface area contributed by atoms with Gasteiger partial charge in [0, 0.05) is 18.9 Å². The Bertz CT molecular complexity index is 1550. The molecule has 0 fully saturated rings. The highest BCUT2D eigenvalue weighted by molar-refractivity contribution is 6.31. The molecule has 3 heterocycles. The summed E-state index contributed by atoms with van der Waals surface area (Å²) in [6.45, 7) is 9.28. The summed E-state index contributed by atoms with van der Waals surface area (Å²) in [5.41, 5.74) is 0.364. The summed E-state index contributed by atoms with van der Waals surface area (Å²) in [6, 6.07) is 4.32. The maximum absolute atomic E-state index is 15.4. The van der Waals surface area contributed by atoms with Crippen molar-refractivity contribution in [2.24, 2.45) is 0 Å². The molecule has 0 atom stereocenters. The normalized spacial score (nSPS) is 12.0. The summed E-state index contributed by atoms with van der Waals surface area (Å²) < 4.78 is 18.9. The average molecular weight is 486 g/mol. The first-order chi connectivity index (χ1) is 16.0. The minimum absolute atomic E-state index is 0.0997. The van der Waals surface area contributed by atoms with Crippen LogP contribution in [0.5, 0.6) is 0 Å². The van der Waals surface area contributed by atoms with Gasteiger partial charge in [0.2, 0.25) is 0 Å². The Morgan fingerprint density at radius 2 is 1.82 bits per heavy atom. The van der Waals surface area contributed by atoms with Gasteiger partial charge in [0.1, 0.15) is 18.1 Å². The third kappa shape index (κ3) is 3.84. The molecule has 0 spiro atoms. The largest absolute Gasteiger partial charge is 0.388 e. The molecular formula is C24H25ClFN5O3. The highest BCUT2D eigenvalue weighted by Crippen LogP contribution is 2.32. The molecule has 10 heteroatoms. The molecule has 0 bridgehead atoms. The van der Waals surface area contributed by atoms with Crippen LogP contribution in [0.2, 0.25) is 5.15 Å². The van der Waals surface area contributed by atoms with E-state index in [9.17, 15) is 14.7 Å². The lowest BCUT2D eigenvalue weighted by Gasteiger charge is -2.23. The minimum atomic E-state index is -0.789. The first kappa shape index (κ1) is 23.8. The second kappa shape index (κ2) is 8.48. The van der Waals surface area contributed by atoms with Gasteiger partial charge in [-0.25, -0.2) is 14.2 Å². The number of benzene rings is 1. The first-order valence-corrected chi connectivity index (χ1v) is 11.2. The first-order valence-electron chi connectivity index (χ1n) is 10.8. The van der Waals surface area contributed by atoms with E-state index >= 15 is 4.39 Å². The summed E-state index contributed by atoms with van der Waals surface area (Å²) in [4.78, 5) is 30.4. The predicted molar refractivity (Wildman–Crippen MR) is 129 cm³/mol. The number of nitrogens with zero attached hydrogens (tertiary/aromatic N) is 5. The van der Waals surface area contributed by atoms with E-state index in [1.165, 1.54) is 15.2 Å². The molecule has 178 valence electrons. The lowest BCUT2D eigenvalue weighted by molar-refractivity contribution is 0.264. The molecule has 0 aliphatic heterocycles. The van der Waals surface area contributed by atoms with Gasteiger partial charge in [-0.3, -0.25) is 13.9 Å². The lowest BCUT2D eigenvalue weighted by Crippen LogP contribution is -2.26. The number of aromatic nitrogens is 5. The maximum atomic E-state index is 15.4. The number of hydrogen-bond acceptors (Lipinski definition) is 5. The van der Waals surface area contributed by atoms with E-state index in [2.05, 4.69) is 10.1 Å². The summed E-state index contributed by atoms with van der Waals surface area (Å²) in [5.74, 6) is -0.664. The Kier molecular flexibility index (Phi) is 5.95. The second-order valence-electron chi connectivity index (χ2n) is 9.15. The van der Waals surface area contributed by atoms with Crippen LogP contribution < -0.4 is 11.2 Å². The molecule has 34 heavy (non-hydrogen) atoms. The number of halogens is 2. The van der Waals surface area contributed by atoms with E-state index < -0.39 is 29.1 Å². The van der Waals surface area contributed by atoms with Crippen LogP contribution >= 0.6 is 11.6 Å². The van der Waals surface area contributed by atoms with Gasteiger partial charge in [0.15, 0.2) is 11.0 Å². The van der Waals surface area contributed by atoms with Gasteiger partial charge in [-0.15, -0.1) is 5.10 Å². The zero-order valence-corrected chi connectivity index (χ0v) is 20.3. The Balaban J connectivity index is 2.10. The van der Waals surface area contributed by atoms with Crippen molar-refractivity contribution in [3.05, 3.63) is 79.4 Å². The molecule has 1 N–H and O–H groups in total. The topological polar surface area (TPSA) is 94.9 Å². The van der Waals surface area contributed by atoms with Gasteiger partial charge in [-0.1, -0.05) is 32.4 Å².